The lowest BCUT2D eigenvalue weighted by atomic mass is 9.72. The highest BCUT2D eigenvalue weighted by atomic mass is 32.1. The molecule has 6 nitrogen and oxygen atoms in total. The summed E-state index contributed by atoms with van der Waals surface area (Å²) in [6.07, 6.45) is -0.338. The van der Waals surface area contributed by atoms with Crippen LogP contribution in [-0.2, 0) is 19.0 Å². The van der Waals surface area contributed by atoms with Crippen molar-refractivity contribution in [2.45, 2.75) is 46.2 Å². The summed E-state index contributed by atoms with van der Waals surface area (Å²) in [7, 11) is 0. The van der Waals surface area contributed by atoms with Crippen LogP contribution in [0.5, 0.6) is 11.5 Å². The maximum Gasteiger partial charge on any atom is 0.416 e. The number of nitrogens with zero attached hydrogens (tertiary/aromatic N) is 3. The third-order valence-electron chi connectivity index (χ3n) is 6.48. The van der Waals surface area contributed by atoms with Crippen LogP contribution in [0.3, 0.4) is 0 Å². The molecule has 0 N–H and O–H groups in total. The lowest BCUT2D eigenvalue weighted by Gasteiger charge is -2.33. The Morgan fingerprint density at radius 2 is 1.97 bits per heavy atom. The van der Waals surface area contributed by atoms with Crippen molar-refractivity contribution in [1.29, 1.82) is 5.26 Å². The zero-order valence-corrected chi connectivity index (χ0v) is 21.2. The van der Waals surface area contributed by atoms with E-state index in [4.69, 9.17) is 4.74 Å². The molecule has 0 bridgehead atoms. The molecule has 1 aliphatic rings. The number of hydrogen-bond donors (Lipinski definition) is 0. The second-order valence-corrected chi connectivity index (χ2v) is 11.1. The van der Waals surface area contributed by atoms with E-state index >= 15 is 0 Å². The normalized spacial score (nSPS) is 15.9. The van der Waals surface area contributed by atoms with Crippen LogP contribution in [0.2, 0.25) is 0 Å². The summed E-state index contributed by atoms with van der Waals surface area (Å²) in [5.74, 6) is 0.425. The van der Waals surface area contributed by atoms with Gasteiger partial charge in [-0.05, 0) is 66.0 Å². The summed E-state index contributed by atoms with van der Waals surface area (Å²) in [6, 6.07) is 10.9. The first kappa shape index (κ1) is 26.4. The van der Waals surface area contributed by atoms with Crippen LogP contribution in [0.15, 0.2) is 47.5 Å². The number of aliphatic imine (C=N–C) groups is 1. The number of hydrogen-bond acceptors (Lipinski definition) is 6. The number of thiophene rings is 1. The molecule has 0 unspecified atom stereocenters. The minimum Gasteiger partial charge on any atom is -0.450 e. The summed E-state index contributed by atoms with van der Waals surface area (Å²) < 4.78 is 44.5. The molecule has 1 atom stereocenters. The molecular formula is C27H24F3N3O3S. The van der Waals surface area contributed by atoms with E-state index in [1.807, 2.05) is 0 Å². The third-order valence-corrected chi connectivity index (χ3v) is 7.65. The number of benzene rings is 2. The van der Waals surface area contributed by atoms with Crippen LogP contribution in [0.4, 0.5) is 23.9 Å². The van der Waals surface area contributed by atoms with Gasteiger partial charge in [-0.1, -0.05) is 32.9 Å². The third kappa shape index (κ3) is 5.83. The Kier molecular flexibility index (Phi) is 7.11. The van der Waals surface area contributed by atoms with E-state index in [0.29, 0.717) is 28.1 Å². The number of fused-ring (bicyclic) bond motifs is 1. The van der Waals surface area contributed by atoms with Gasteiger partial charge in [0.05, 0.1) is 16.1 Å². The highest BCUT2D eigenvalue weighted by molar-refractivity contribution is 7.16. The Morgan fingerprint density at radius 3 is 2.62 bits per heavy atom. The van der Waals surface area contributed by atoms with Crippen molar-refractivity contribution in [2.24, 2.45) is 16.3 Å². The Balaban J connectivity index is 1.58. The molecule has 0 saturated heterocycles. The number of alkyl halides is 3. The van der Waals surface area contributed by atoms with Gasteiger partial charge in [-0.3, -0.25) is 10.1 Å². The number of nitro groups is 1. The van der Waals surface area contributed by atoms with Crippen molar-refractivity contribution < 1.29 is 22.8 Å². The summed E-state index contributed by atoms with van der Waals surface area (Å²) in [5, 5.41) is 21.8. The number of ether oxygens (including phenoxy) is 1. The molecule has 4 rings (SSSR count). The summed E-state index contributed by atoms with van der Waals surface area (Å²) in [4.78, 5) is 16.2. The minimum absolute atomic E-state index is 0.181. The largest absolute Gasteiger partial charge is 0.450 e. The van der Waals surface area contributed by atoms with Crippen LogP contribution in [0, 0.1) is 32.8 Å². The highest BCUT2D eigenvalue weighted by Gasteiger charge is 2.34. The van der Waals surface area contributed by atoms with Crippen LogP contribution in [0.25, 0.3) is 0 Å². The fraction of sp³-hybridized carbons (Fsp3) is 0.333. The minimum atomic E-state index is -4.71. The number of rotatable bonds is 5. The van der Waals surface area contributed by atoms with Crippen LogP contribution in [-0.4, -0.2) is 11.1 Å². The van der Waals surface area contributed by atoms with E-state index in [-0.39, 0.29) is 16.9 Å². The molecule has 0 saturated carbocycles. The molecule has 1 aromatic heterocycles. The predicted molar refractivity (Wildman–Crippen MR) is 136 cm³/mol. The van der Waals surface area contributed by atoms with Crippen molar-refractivity contribution in [2.75, 3.05) is 0 Å². The molecule has 2 aromatic carbocycles. The summed E-state index contributed by atoms with van der Waals surface area (Å²) in [6.45, 7) is 6.69. The van der Waals surface area contributed by atoms with E-state index in [2.05, 4.69) is 31.8 Å². The molecule has 1 aliphatic carbocycles. The van der Waals surface area contributed by atoms with Crippen molar-refractivity contribution in [1.82, 2.24) is 0 Å². The first-order valence-electron chi connectivity index (χ1n) is 11.6. The molecular weight excluding hydrogens is 503 g/mol. The zero-order chi connectivity index (χ0) is 27.0. The average Bonchev–Trinajstić information content (AvgIpc) is 3.18. The molecule has 0 radical (unpaired) electrons. The smallest absolute Gasteiger partial charge is 0.416 e. The zero-order valence-electron chi connectivity index (χ0n) is 20.4. The van der Waals surface area contributed by atoms with Gasteiger partial charge in [-0.25, -0.2) is 4.99 Å². The van der Waals surface area contributed by atoms with Crippen molar-refractivity contribution in [3.8, 4) is 17.6 Å². The van der Waals surface area contributed by atoms with Gasteiger partial charge < -0.3 is 4.74 Å². The van der Waals surface area contributed by atoms with E-state index in [1.54, 1.807) is 24.4 Å². The summed E-state index contributed by atoms with van der Waals surface area (Å²) >= 11 is 1.52. The molecule has 192 valence electrons. The molecule has 0 fully saturated rings. The van der Waals surface area contributed by atoms with E-state index in [1.165, 1.54) is 22.3 Å². The lowest BCUT2D eigenvalue weighted by molar-refractivity contribution is -0.385. The van der Waals surface area contributed by atoms with Crippen molar-refractivity contribution in [3.05, 3.63) is 79.7 Å². The monoisotopic (exact) mass is 527 g/mol. The number of nitro benzene ring substituents is 1. The van der Waals surface area contributed by atoms with Crippen LogP contribution in [0.1, 0.15) is 54.3 Å². The average molecular weight is 528 g/mol. The van der Waals surface area contributed by atoms with Gasteiger partial charge in [-0.15, -0.1) is 11.3 Å². The van der Waals surface area contributed by atoms with Gasteiger partial charge in [0.25, 0.3) is 0 Å². The summed E-state index contributed by atoms with van der Waals surface area (Å²) in [5.41, 5.74) is 0.539. The van der Waals surface area contributed by atoms with Gasteiger partial charge >= 0.3 is 11.9 Å². The number of halogens is 3. The number of nitriles is 1. The topological polar surface area (TPSA) is 88.5 Å². The van der Waals surface area contributed by atoms with Gasteiger partial charge in [0.1, 0.15) is 16.8 Å². The van der Waals surface area contributed by atoms with E-state index in [9.17, 15) is 28.5 Å². The van der Waals surface area contributed by atoms with Crippen molar-refractivity contribution >= 4 is 28.2 Å². The Bertz CT molecular complexity index is 1410. The van der Waals surface area contributed by atoms with Gasteiger partial charge in [0.15, 0.2) is 0 Å². The molecule has 10 heteroatoms. The van der Waals surface area contributed by atoms with Gasteiger partial charge in [0.2, 0.25) is 5.75 Å². The maximum absolute atomic E-state index is 13.0. The van der Waals surface area contributed by atoms with E-state index < -0.39 is 22.4 Å². The Morgan fingerprint density at radius 1 is 1.22 bits per heavy atom. The van der Waals surface area contributed by atoms with E-state index in [0.717, 1.165) is 37.0 Å². The molecule has 0 aliphatic heterocycles. The standard InChI is InChI=1S/C27H24F3N3O3S/c1-26(2,3)17-7-9-20-21(14-31)25(37-24(20)13-17)32-15-16-5-4-6-19(11-16)36-23-10-8-18(27(28,29)30)12-22(23)33(34)35/h4-6,8,10-12,15,17H,7,9,13H2,1-3H3/t17-/m0/s1. The fourth-order valence-electron chi connectivity index (χ4n) is 4.36. The van der Waals surface area contributed by atoms with Crippen molar-refractivity contribution in [3.63, 3.8) is 0 Å². The SMILES string of the molecule is CC(C)(C)[C@H]1CCc2c(sc(N=Cc3cccc(Oc4ccc(C(F)(F)F)cc4[N+](=O)[O-])c3)c2C#N)C1. The molecule has 37 heavy (non-hydrogen) atoms. The first-order chi connectivity index (χ1) is 17.4. The molecule has 0 amide bonds. The molecule has 1 heterocycles. The first-order valence-corrected chi connectivity index (χ1v) is 12.4. The quantitative estimate of drug-likeness (QED) is 0.190. The lowest BCUT2D eigenvalue weighted by Crippen LogP contribution is -2.26. The maximum atomic E-state index is 13.0. The Labute approximate surface area is 216 Å². The van der Waals surface area contributed by atoms with Gasteiger partial charge in [0, 0.05) is 17.2 Å². The predicted octanol–water partition coefficient (Wildman–Crippen LogP) is 8.24. The Hall–Kier alpha value is -3.71. The molecule has 3 aromatic rings. The fourth-order valence-corrected chi connectivity index (χ4v) is 5.58. The van der Waals surface area contributed by atoms with Crippen LogP contribution < -0.4 is 4.74 Å². The second-order valence-electron chi connectivity index (χ2n) is 9.97. The second kappa shape index (κ2) is 9.98. The highest BCUT2D eigenvalue weighted by Crippen LogP contribution is 2.45. The molecule has 0 spiro atoms. The van der Waals surface area contributed by atoms with Crippen LogP contribution >= 0.6 is 11.3 Å². The van der Waals surface area contributed by atoms with Gasteiger partial charge in [-0.2, -0.15) is 18.4 Å².